The monoisotopic (exact) mass is 239 g/mol. The fraction of sp³-hybridized carbons (Fsp3) is 0.714. The first-order valence-electron chi connectivity index (χ1n) is 6.48. The van der Waals surface area contributed by atoms with E-state index in [1.165, 1.54) is 18.4 Å². The molecule has 1 atom stereocenters. The molecule has 0 fully saturated rings. The van der Waals surface area contributed by atoms with Crippen molar-refractivity contribution in [3.63, 3.8) is 0 Å². The maximum absolute atomic E-state index is 3.69. The molecule has 0 saturated heterocycles. The Morgan fingerprint density at radius 3 is 2.62 bits per heavy atom. The predicted molar refractivity (Wildman–Crippen MR) is 74.2 cm³/mol. The third-order valence-electron chi connectivity index (χ3n) is 2.83. The van der Waals surface area contributed by atoms with Crippen LogP contribution in [0, 0.1) is 5.92 Å². The Morgan fingerprint density at radius 2 is 2.06 bits per heavy atom. The number of hydrogen-bond donors (Lipinski definition) is 1. The van der Waals surface area contributed by atoms with E-state index in [2.05, 4.69) is 44.5 Å². The van der Waals surface area contributed by atoms with Gasteiger partial charge in [-0.3, -0.25) is 0 Å². The van der Waals surface area contributed by atoms with E-state index in [0.717, 1.165) is 18.9 Å². The van der Waals surface area contributed by atoms with Crippen molar-refractivity contribution in [1.82, 2.24) is 5.32 Å². The van der Waals surface area contributed by atoms with Crippen molar-refractivity contribution >= 4 is 11.3 Å². The molecule has 2 heteroatoms. The SMILES string of the molecule is CCCNC(CC(C)C)c1sccc1CC. The summed E-state index contributed by atoms with van der Waals surface area (Å²) in [6, 6.07) is 2.84. The molecule has 1 nitrogen and oxygen atoms in total. The van der Waals surface area contributed by atoms with Crippen LogP contribution in [0.5, 0.6) is 0 Å². The largest absolute Gasteiger partial charge is 0.309 e. The zero-order chi connectivity index (χ0) is 12.0. The number of hydrogen-bond acceptors (Lipinski definition) is 2. The van der Waals surface area contributed by atoms with E-state index in [1.54, 1.807) is 4.88 Å². The van der Waals surface area contributed by atoms with Crippen molar-refractivity contribution in [3.05, 3.63) is 21.9 Å². The molecule has 1 N–H and O–H groups in total. The normalized spacial score (nSPS) is 13.3. The van der Waals surface area contributed by atoms with Gasteiger partial charge in [-0.1, -0.05) is 27.7 Å². The van der Waals surface area contributed by atoms with Gasteiger partial charge in [0.25, 0.3) is 0 Å². The van der Waals surface area contributed by atoms with Gasteiger partial charge in [0.2, 0.25) is 0 Å². The summed E-state index contributed by atoms with van der Waals surface area (Å²) in [5.41, 5.74) is 1.53. The molecule has 1 rings (SSSR count). The summed E-state index contributed by atoms with van der Waals surface area (Å²) >= 11 is 1.91. The van der Waals surface area contributed by atoms with Gasteiger partial charge >= 0.3 is 0 Å². The minimum Gasteiger partial charge on any atom is -0.309 e. The average Bonchev–Trinajstić information content (AvgIpc) is 2.71. The van der Waals surface area contributed by atoms with Crippen molar-refractivity contribution in [2.24, 2.45) is 5.92 Å². The summed E-state index contributed by atoms with van der Waals surface area (Å²) in [4.78, 5) is 1.56. The van der Waals surface area contributed by atoms with E-state index < -0.39 is 0 Å². The zero-order valence-corrected chi connectivity index (χ0v) is 11.9. The first-order chi connectivity index (χ1) is 7.69. The third kappa shape index (κ3) is 3.91. The molecule has 0 aliphatic carbocycles. The van der Waals surface area contributed by atoms with Crippen LogP contribution in [0.2, 0.25) is 0 Å². The number of thiophene rings is 1. The average molecular weight is 239 g/mol. The van der Waals surface area contributed by atoms with Gasteiger partial charge < -0.3 is 5.32 Å². The molecule has 0 saturated carbocycles. The quantitative estimate of drug-likeness (QED) is 0.744. The summed E-state index contributed by atoms with van der Waals surface area (Å²) in [6.45, 7) is 10.2. The highest BCUT2D eigenvalue weighted by molar-refractivity contribution is 7.10. The summed E-state index contributed by atoms with van der Waals surface area (Å²) < 4.78 is 0. The van der Waals surface area contributed by atoms with Crippen molar-refractivity contribution in [3.8, 4) is 0 Å². The van der Waals surface area contributed by atoms with Crippen molar-refractivity contribution in [2.45, 2.75) is 53.0 Å². The lowest BCUT2D eigenvalue weighted by atomic mass is 9.99. The lowest BCUT2D eigenvalue weighted by molar-refractivity contribution is 0.433. The molecule has 0 aliphatic heterocycles. The fourth-order valence-corrected chi connectivity index (χ4v) is 3.10. The summed E-state index contributed by atoms with van der Waals surface area (Å²) in [5, 5.41) is 5.92. The predicted octanol–water partition coefficient (Wildman–Crippen LogP) is 4.40. The van der Waals surface area contributed by atoms with E-state index >= 15 is 0 Å². The lowest BCUT2D eigenvalue weighted by Crippen LogP contribution is -2.23. The second-order valence-corrected chi connectivity index (χ2v) is 5.75. The van der Waals surface area contributed by atoms with E-state index in [0.29, 0.717) is 6.04 Å². The van der Waals surface area contributed by atoms with Crippen molar-refractivity contribution in [1.29, 1.82) is 0 Å². The number of nitrogens with one attached hydrogen (secondary N) is 1. The molecule has 16 heavy (non-hydrogen) atoms. The van der Waals surface area contributed by atoms with Crippen LogP contribution in [0.3, 0.4) is 0 Å². The maximum Gasteiger partial charge on any atom is 0.0420 e. The molecular weight excluding hydrogens is 214 g/mol. The minimum atomic E-state index is 0.565. The molecule has 1 aromatic heterocycles. The van der Waals surface area contributed by atoms with Gasteiger partial charge in [0.05, 0.1) is 0 Å². The Morgan fingerprint density at radius 1 is 1.31 bits per heavy atom. The van der Waals surface area contributed by atoms with E-state index in [1.807, 2.05) is 11.3 Å². The molecule has 1 unspecified atom stereocenters. The van der Waals surface area contributed by atoms with Crippen LogP contribution >= 0.6 is 11.3 Å². The van der Waals surface area contributed by atoms with Gasteiger partial charge in [-0.25, -0.2) is 0 Å². The van der Waals surface area contributed by atoms with Gasteiger partial charge in [0.15, 0.2) is 0 Å². The highest BCUT2D eigenvalue weighted by atomic mass is 32.1. The Kier molecular flexibility index (Phi) is 6.07. The van der Waals surface area contributed by atoms with E-state index in [4.69, 9.17) is 0 Å². The van der Waals surface area contributed by atoms with Crippen LogP contribution < -0.4 is 5.32 Å². The molecular formula is C14H25NS. The molecule has 1 heterocycles. The Balaban J connectivity index is 2.74. The molecule has 1 aromatic rings. The van der Waals surface area contributed by atoms with Crippen LogP contribution in [-0.4, -0.2) is 6.54 Å². The Labute approximate surface area is 104 Å². The summed E-state index contributed by atoms with van der Waals surface area (Å²) in [7, 11) is 0. The minimum absolute atomic E-state index is 0.565. The van der Waals surface area contributed by atoms with Gasteiger partial charge in [-0.2, -0.15) is 0 Å². The van der Waals surface area contributed by atoms with Gasteiger partial charge in [0.1, 0.15) is 0 Å². The van der Waals surface area contributed by atoms with Crippen LogP contribution in [-0.2, 0) is 6.42 Å². The van der Waals surface area contributed by atoms with E-state index in [9.17, 15) is 0 Å². The van der Waals surface area contributed by atoms with Crippen LogP contribution in [0.4, 0.5) is 0 Å². The summed E-state index contributed by atoms with van der Waals surface area (Å²) in [6.07, 6.45) is 3.61. The number of aryl methyl sites for hydroxylation is 1. The second kappa shape index (κ2) is 7.08. The van der Waals surface area contributed by atoms with Crippen molar-refractivity contribution in [2.75, 3.05) is 6.54 Å². The fourth-order valence-electron chi connectivity index (χ4n) is 2.02. The second-order valence-electron chi connectivity index (χ2n) is 4.80. The van der Waals surface area contributed by atoms with Crippen LogP contribution in [0.1, 0.15) is 57.0 Å². The van der Waals surface area contributed by atoms with E-state index in [-0.39, 0.29) is 0 Å². The zero-order valence-electron chi connectivity index (χ0n) is 11.0. The number of rotatable bonds is 7. The molecule has 0 spiro atoms. The molecule has 0 aromatic carbocycles. The topological polar surface area (TPSA) is 12.0 Å². The van der Waals surface area contributed by atoms with Gasteiger partial charge in [-0.15, -0.1) is 11.3 Å². The maximum atomic E-state index is 3.69. The highest BCUT2D eigenvalue weighted by Gasteiger charge is 2.16. The standard InChI is InChI=1S/C14H25NS/c1-5-8-15-13(10-11(3)4)14-12(6-2)7-9-16-14/h7,9,11,13,15H,5-6,8,10H2,1-4H3. The first-order valence-corrected chi connectivity index (χ1v) is 7.36. The molecule has 92 valence electrons. The third-order valence-corrected chi connectivity index (χ3v) is 3.90. The Bertz CT molecular complexity index is 291. The van der Waals surface area contributed by atoms with Crippen molar-refractivity contribution < 1.29 is 0 Å². The Hall–Kier alpha value is -0.340. The first kappa shape index (κ1) is 13.7. The molecule has 0 radical (unpaired) electrons. The van der Waals surface area contributed by atoms with Crippen LogP contribution in [0.15, 0.2) is 11.4 Å². The lowest BCUT2D eigenvalue weighted by Gasteiger charge is -2.20. The smallest absolute Gasteiger partial charge is 0.0420 e. The van der Waals surface area contributed by atoms with Crippen LogP contribution in [0.25, 0.3) is 0 Å². The summed E-state index contributed by atoms with van der Waals surface area (Å²) in [5.74, 6) is 0.751. The van der Waals surface area contributed by atoms with Gasteiger partial charge in [0, 0.05) is 10.9 Å². The molecule has 0 amide bonds. The molecule has 0 aliphatic rings. The highest BCUT2D eigenvalue weighted by Crippen LogP contribution is 2.29. The van der Waals surface area contributed by atoms with Gasteiger partial charge in [-0.05, 0) is 48.7 Å². The molecule has 0 bridgehead atoms.